The van der Waals surface area contributed by atoms with Gasteiger partial charge < -0.3 is 25.2 Å². The van der Waals surface area contributed by atoms with Gasteiger partial charge in [-0.15, -0.1) is 0 Å². The van der Waals surface area contributed by atoms with Crippen molar-refractivity contribution in [2.75, 3.05) is 24.7 Å². The number of rotatable bonds is 6. The number of alkyl halides is 2. The number of primary amides is 1. The molecule has 4 atom stereocenters. The number of aliphatic hydroxyl groups excluding tert-OH is 1. The van der Waals surface area contributed by atoms with Gasteiger partial charge in [-0.2, -0.15) is 8.78 Å². The zero-order valence-electron chi connectivity index (χ0n) is 18.4. The molecular formula is C23H26F2N4O4. The quantitative estimate of drug-likeness (QED) is 0.679. The van der Waals surface area contributed by atoms with E-state index in [-0.39, 0.29) is 43.1 Å². The van der Waals surface area contributed by atoms with Gasteiger partial charge >= 0.3 is 0 Å². The predicted molar refractivity (Wildman–Crippen MR) is 115 cm³/mol. The van der Waals surface area contributed by atoms with Crippen LogP contribution >= 0.6 is 0 Å². The first-order valence-corrected chi connectivity index (χ1v) is 11.1. The standard InChI is InChI=1S/C23H26F2N4O4/c1-11-17(30)8-29(11)22-27-19(16-5-6-23(24,25)20(16)28-22)13-3-4-15-14(10-33-18(15)7-13)9-32-12(2)21(26)31/h3-4,7,11-12,14,17,30H,5-6,8-10H2,1-2H3,(H2,26,31)/t11-,12?,14?,17?/m0/s1. The third kappa shape index (κ3) is 3.71. The molecule has 8 nitrogen and oxygen atoms in total. The number of ether oxygens (including phenoxy) is 2. The van der Waals surface area contributed by atoms with Crippen LogP contribution in [0.1, 0.15) is 43.0 Å². The number of nitrogens with two attached hydrogens (primary N) is 1. The van der Waals surface area contributed by atoms with Crippen molar-refractivity contribution in [1.82, 2.24) is 9.97 Å². The highest BCUT2D eigenvalue weighted by molar-refractivity contribution is 5.78. The lowest BCUT2D eigenvalue weighted by atomic mass is 9.97. The van der Waals surface area contributed by atoms with Crippen LogP contribution < -0.4 is 15.4 Å². The number of β-amino-alcohol motifs (C(OH)–C–C–N with tert-alkyl or cyclic N) is 1. The lowest BCUT2D eigenvalue weighted by Gasteiger charge is -2.43. The number of benzene rings is 1. The Balaban J connectivity index is 1.48. The molecule has 1 aliphatic carbocycles. The fourth-order valence-corrected chi connectivity index (χ4v) is 4.54. The number of aliphatic hydroxyl groups is 1. The predicted octanol–water partition coefficient (Wildman–Crippen LogP) is 2.12. The average Bonchev–Trinajstić information content (AvgIpc) is 3.34. The first-order chi connectivity index (χ1) is 15.7. The Kier molecular flexibility index (Phi) is 5.24. The van der Waals surface area contributed by atoms with Crippen molar-refractivity contribution in [3.63, 3.8) is 0 Å². The lowest BCUT2D eigenvalue weighted by Crippen LogP contribution is -2.59. The minimum Gasteiger partial charge on any atom is -0.493 e. The monoisotopic (exact) mass is 460 g/mol. The smallest absolute Gasteiger partial charge is 0.290 e. The number of fused-ring (bicyclic) bond motifs is 2. The Morgan fingerprint density at radius 1 is 1.42 bits per heavy atom. The van der Waals surface area contributed by atoms with E-state index in [1.54, 1.807) is 11.8 Å². The summed E-state index contributed by atoms with van der Waals surface area (Å²) in [6.07, 6.45) is -1.34. The van der Waals surface area contributed by atoms with Crippen molar-refractivity contribution in [3.05, 3.63) is 35.0 Å². The van der Waals surface area contributed by atoms with Gasteiger partial charge in [-0.3, -0.25) is 4.79 Å². The second kappa shape index (κ2) is 7.88. The highest BCUT2D eigenvalue weighted by Gasteiger charge is 2.45. The number of halogens is 2. The van der Waals surface area contributed by atoms with Crippen LogP contribution in [0.3, 0.4) is 0 Å². The van der Waals surface area contributed by atoms with E-state index in [0.717, 1.165) is 5.56 Å². The van der Waals surface area contributed by atoms with Crippen LogP contribution in [0.4, 0.5) is 14.7 Å². The summed E-state index contributed by atoms with van der Waals surface area (Å²) in [5.74, 6) is -2.76. The molecule has 10 heteroatoms. The van der Waals surface area contributed by atoms with Crippen LogP contribution in [0.15, 0.2) is 18.2 Å². The molecule has 3 unspecified atom stereocenters. The minimum atomic E-state index is -3.01. The molecule has 1 fully saturated rings. The number of aromatic nitrogens is 2. The van der Waals surface area contributed by atoms with Crippen LogP contribution in [-0.2, 0) is 21.9 Å². The summed E-state index contributed by atoms with van der Waals surface area (Å²) in [5.41, 5.74) is 7.53. The maximum absolute atomic E-state index is 14.6. The van der Waals surface area contributed by atoms with Crippen molar-refractivity contribution < 1.29 is 28.2 Å². The molecule has 5 rings (SSSR count). The summed E-state index contributed by atoms with van der Waals surface area (Å²) in [6.45, 7) is 4.39. The van der Waals surface area contributed by atoms with E-state index in [1.807, 2.05) is 25.1 Å². The molecule has 2 aromatic rings. The molecule has 3 N–H and O–H groups in total. The van der Waals surface area contributed by atoms with Gasteiger partial charge in [0.05, 0.1) is 31.1 Å². The fraction of sp³-hybridized carbons (Fsp3) is 0.522. The van der Waals surface area contributed by atoms with Gasteiger partial charge in [-0.05, 0) is 26.3 Å². The van der Waals surface area contributed by atoms with Gasteiger partial charge in [-0.1, -0.05) is 12.1 Å². The molecule has 2 aliphatic heterocycles. The van der Waals surface area contributed by atoms with Crippen molar-refractivity contribution in [2.45, 2.75) is 56.8 Å². The maximum atomic E-state index is 14.6. The average molecular weight is 460 g/mol. The van der Waals surface area contributed by atoms with Crippen molar-refractivity contribution in [3.8, 4) is 17.0 Å². The molecule has 3 aliphatic rings. The van der Waals surface area contributed by atoms with Crippen LogP contribution in [-0.4, -0.2) is 59.0 Å². The number of hydrogen-bond acceptors (Lipinski definition) is 7. The summed E-state index contributed by atoms with van der Waals surface area (Å²) >= 11 is 0. The SMILES string of the molecule is CC(OCC1COc2cc(-c3nc(N4CC(O)[C@@H]4C)nc4c3CCC4(F)F)ccc21)C(N)=O. The molecule has 0 saturated carbocycles. The minimum absolute atomic E-state index is 0.0599. The van der Waals surface area contributed by atoms with Crippen LogP contribution in [0.2, 0.25) is 0 Å². The highest BCUT2D eigenvalue weighted by Crippen LogP contribution is 2.46. The fourth-order valence-electron chi connectivity index (χ4n) is 4.54. The van der Waals surface area contributed by atoms with Crippen molar-refractivity contribution in [1.29, 1.82) is 0 Å². The van der Waals surface area contributed by atoms with Crippen LogP contribution in [0.5, 0.6) is 5.75 Å². The highest BCUT2D eigenvalue weighted by atomic mass is 19.3. The second-order valence-corrected chi connectivity index (χ2v) is 9.00. The Morgan fingerprint density at radius 2 is 2.21 bits per heavy atom. The lowest BCUT2D eigenvalue weighted by molar-refractivity contribution is -0.128. The van der Waals surface area contributed by atoms with E-state index < -0.39 is 24.0 Å². The zero-order chi connectivity index (χ0) is 23.5. The molecular weight excluding hydrogens is 434 g/mol. The molecule has 33 heavy (non-hydrogen) atoms. The van der Waals surface area contributed by atoms with E-state index in [4.69, 9.17) is 15.2 Å². The normalized spacial score (nSPS) is 25.7. The molecule has 0 spiro atoms. The topological polar surface area (TPSA) is 111 Å². The number of nitrogens with zero attached hydrogens (tertiary/aromatic N) is 3. The van der Waals surface area contributed by atoms with Crippen molar-refractivity contribution >= 4 is 11.9 Å². The Hall–Kier alpha value is -2.85. The summed E-state index contributed by atoms with van der Waals surface area (Å²) in [7, 11) is 0. The van der Waals surface area contributed by atoms with Gasteiger partial charge in [0.25, 0.3) is 5.92 Å². The van der Waals surface area contributed by atoms with E-state index in [0.29, 0.717) is 35.7 Å². The van der Waals surface area contributed by atoms with Gasteiger partial charge in [-0.25, -0.2) is 9.97 Å². The maximum Gasteiger partial charge on any atom is 0.290 e. The summed E-state index contributed by atoms with van der Waals surface area (Å²) < 4.78 is 40.6. The number of carbonyl (C=O) groups excluding carboxylic acids is 1. The number of hydrogen-bond donors (Lipinski definition) is 2. The molecule has 1 aromatic heterocycles. The molecule has 1 amide bonds. The second-order valence-electron chi connectivity index (χ2n) is 9.00. The molecule has 176 valence electrons. The first-order valence-electron chi connectivity index (χ1n) is 11.1. The Morgan fingerprint density at radius 3 is 2.91 bits per heavy atom. The number of anilines is 1. The Labute approximate surface area is 189 Å². The summed E-state index contributed by atoms with van der Waals surface area (Å²) in [6, 6.07) is 5.30. The molecule has 0 bridgehead atoms. The van der Waals surface area contributed by atoms with Crippen molar-refractivity contribution in [2.24, 2.45) is 5.73 Å². The van der Waals surface area contributed by atoms with E-state index in [2.05, 4.69) is 9.97 Å². The molecule has 1 saturated heterocycles. The first kappa shape index (κ1) is 22.0. The van der Waals surface area contributed by atoms with Gasteiger partial charge in [0.1, 0.15) is 17.5 Å². The largest absolute Gasteiger partial charge is 0.493 e. The zero-order valence-corrected chi connectivity index (χ0v) is 18.4. The van der Waals surface area contributed by atoms with E-state index in [1.165, 1.54) is 0 Å². The Bertz CT molecular complexity index is 1110. The van der Waals surface area contributed by atoms with Gasteiger partial charge in [0, 0.05) is 35.6 Å². The van der Waals surface area contributed by atoms with E-state index >= 15 is 0 Å². The summed E-state index contributed by atoms with van der Waals surface area (Å²) in [4.78, 5) is 21.8. The van der Waals surface area contributed by atoms with Crippen LogP contribution in [0.25, 0.3) is 11.3 Å². The molecule has 0 radical (unpaired) electrons. The number of amides is 1. The van der Waals surface area contributed by atoms with Gasteiger partial charge in [0.15, 0.2) is 0 Å². The van der Waals surface area contributed by atoms with E-state index in [9.17, 15) is 18.7 Å². The van der Waals surface area contributed by atoms with Gasteiger partial charge in [0.2, 0.25) is 11.9 Å². The third-order valence-electron chi connectivity index (χ3n) is 6.83. The molecule has 1 aromatic carbocycles. The van der Waals surface area contributed by atoms with Crippen LogP contribution in [0, 0.1) is 0 Å². The number of carbonyl (C=O) groups is 1. The third-order valence-corrected chi connectivity index (χ3v) is 6.83. The summed E-state index contributed by atoms with van der Waals surface area (Å²) in [5, 5.41) is 9.87. The molecule has 3 heterocycles.